The Morgan fingerprint density at radius 2 is 1.71 bits per heavy atom. The highest BCUT2D eigenvalue weighted by atomic mass is 32.1. The fraction of sp³-hybridized carbons (Fsp3) is 0.355. The van der Waals surface area contributed by atoms with Crippen molar-refractivity contribution in [2.75, 3.05) is 26.8 Å². The molecule has 0 spiro atoms. The van der Waals surface area contributed by atoms with Gasteiger partial charge in [0.15, 0.2) is 11.4 Å². The fourth-order valence-electron chi connectivity index (χ4n) is 4.98. The number of esters is 1. The largest absolute Gasteiger partial charge is 0.497 e. The van der Waals surface area contributed by atoms with Crippen LogP contribution < -0.4 is 24.4 Å². The van der Waals surface area contributed by atoms with Gasteiger partial charge in [0, 0.05) is 13.1 Å². The van der Waals surface area contributed by atoms with Crippen molar-refractivity contribution in [2.24, 2.45) is 4.99 Å². The van der Waals surface area contributed by atoms with Gasteiger partial charge in [-0.05, 0) is 75.1 Å². The van der Waals surface area contributed by atoms with E-state index in [0.29, 0.717) is 32.1 Å². The minimum atomic E-state index is -0.700. The summed E-state index contributed by atoms with van der Waals surface area (Å²) in [5.74, 6) is 0.738. The number of carbonyl (C=O) groups excluding carboxylic acids is 2. The first-order valence-electron chi connectivity index (χ1n) is 13.6. The molecule has 0 radical (unpaired) electrons. The van der Waals surface area contributed by atoms with Crippen molar-refractivity contribution in [3.63, 3.8) is 0 Å². The van der Waals surface area contributed by atoms with Gasteiger partial charge in [0.2, 0.25) is 0 Å². The number of aromatic nitrogens is 1. The van der Waals surface area contributed by atoms with Crippen LogP contribution in [-0.4, -0.2) is 54.3 Å². The van der Waals surface area contributed by atoms with Crippen LogP contribution in [0.15, 0.2) is 69.6 Å². The first-order valence-corrected chi connectivity index (χ1v) is 14.4. The Bertz CT molecular complexity index is 1650. The van der Waals surface area contributed by atoms with E-state index in [4.69, 9.17) is 14.2 Å². The van der Waals surface area contributed by atoms with E-state index in [1.54, 1.807) is 62.8 Å². The standard InChI is InChI=1S/C31H33N3O6S/c1-19(2)40-30(37)27-20(3)32-31-34(28(27)22-9-13-23(38-4)14-10-22)29(36)25(41-31)17-21-7-11-24(12-8-21)39-18-26(35)33-15-5-6-16-33/h7-14,17,19,28H,5-6,15-16,18H2,1-4H3/b25-17+/t28-/m1/s1. The Morgan fingerprint density at radius 3 is 2.34 bits per heavy atom. The number of likely N-dealkylation sites (tertiary alicyclic amines) is 1. The van der Waals surface area contributed by atoms with Crippen LogP contribution in [0.5, 0.6) is 11.5 Å². The van der Waals surface area contributed by atoms with Crippen LogP contribution >= 0.6 is 11.3 Å². The summed E-state index contributed by atoms with van der Waals surface area (Å²) in [5.41, 5.74) is 2.12. The van der Waals surface area contributed by atoms with Crippen LogP contribution in [0, 0.1) is 0 Å². The van der Waals surface area contributed by atoms with Crippen LogP contribution in [0.4, 0.5) is 0 Å². The van der Waals surface area contributed by atoms with Crippen LogP contribution in [0.3, 0.4) is 0 Å². The molecule has 0 saturated carbocycles. The molecule has 2 aliphatic heterocycles. The molecule has 3 heterocycles. The number of allylic oxidation sites excluding steroid dienone is 1. The lowest BCUT2D eigenvalue weighted by Gasteiger charge is -2.25. The number of benzene rings is 2. The number of thiazole rings is 1. The third-order valence-corrected chi connectivity index (χ3v) is 8.00. The lowest BCUT2D eigenvalue weighted by atomic mass is 9.96. The molecule has 0 aliphatic carbocycles. The number of hydrogen-bond donors (Lipinski definition) is 0. The lowest BCUT2D eigenvalue weighted by molar-refractivity contribution is -0.143. The van der Waals surface area contributed by atoms with Gasteiger partial charge in [-0.2, -0.15) is 0 Å². The number of methoxy groups -OCH3 is 1. The van der Waals surface area contributed by atoms with Gasteiger partial charge >= 0.3 is 5.97 Å². The number of nitrogens with zero attached hydrogens (tertiary/aromatic N) is 3. The smallest absolute Gasteiger partial charge is 0.338 e. The molecule has 10 heteroatoms. The molecule has 2 aromatic carbocycles. The Hall–Kier alpha value is -4.18. The maximum Gasteiger partial charge on any atom is 0.338 e. The highest BCUT2D eigenvalue weighted by Gasteiger charge is 2.33. The molecule has 214 valence electrons. The van der Waals surface area contributed by atoms with Crippen LogP contribution in [-0.2, 0) is 14.3 Å². The highest BCUT2D eigenvalue weighted by Crippen LogP contribution is 2.32. The van der Waals surface area contributed by atoms with Gasteiger partial charge in [0.1, 0.15) is 11.5 Å². The Kier molecular flexibility index (Phi) is 8.39. The topological polar surface area (TPSA) is 99.4 Å². The lowest BCUT2D eigenvalue weighted by Crippen LogP contribution is -2.40. The maximum atomic E-state index is 13.8. The Balaban J connectivity index is 1.47. The fourth-order valence-corrected chi connectivity index (χ4v) is 6.02. The highest BCUT2D eigenvalue weighted by molar-refractivity contribution is 7.07. The molecule has 5 rings (SSSR count). The van der Waals surface area contributed by atoms with Gasteiger partial charge in [-0.15, -0.1) is 0 Å². The number of carbonyl (C=O) groups is 2. The van der Waals surface area contributed by atoms with Crippen molar-refractivity contribution in [2.45, 2.75) is 45.8 Å². The second-order valence-corrected chi connectivity index (χ2v) is 11.3. The molecule has 0 N–H and O–H groups in total. The zero-order valence-electron chi connectivity index (χ0n) is 23.6. The second kappa shape index (κ2) is 12.1. The van der Waals surface area contributed by atoms with Crippen LogP contribution in [0.25, 0.3) is 6.08 Å². The maximum absolute atomic E-state index is 13.8. The summed E-state index contributed by atoms with van der Waals surface area (Å²) in [6, 6.07) is 13.8. The van der Waals surface area contributed by atoms with Crippen molar-refractivity contribution in [3.05, 3.63) is 90.6 Å². The monoisotopic (exact) mass is 575 g/mol. The van der Waals surface area contributed by atoms with E-state index in [2.05, 4.69) is 4.99 Å². The van der Waals surface area contributed by atoms with E-state index in [-0.39, 0.29) is 24.2 Å². The summed E-state index contributed by atoms with van der Waals surface area (Å²) in [5, 5.41) is 0. The molecule has 1 aromatic heterocycles. The van der Waals surface area contributed by atoms with Crippen molar-refractivity contribution in [1.82, 2.24) is 9.47 Å². The molecule has 41 heavy (non-hydrogen) atoms. The van der Waals surface area contributed by atoms with Crippen molar-refractivity contribution in [3.8, 4) is 11.5 Å². The molecule has 2 aliphatic rings. The zero-order valence-corrected chi connectivity index (χ0v) is 24.4. The second-order valence-electron chi connectivity index (χ2n) is 10.3. The predicted octanol–water partition coefficient (Wildman–Crippen LogP) is 3.20. The summed E-state index contributed by atoms with van der Waals surface area (Å²) in [6.07, 6.45) is 3.54. The van der Waals surface area contributed by atoms with Gasteiger partial charge in [0.05, 0.1) is 35.1 Å². The van der Waals surface area contributed by atoms with Gasteiger partial charge in [-0.1, -0.05) is 35.6 Å². The molecule has 1 fully saturated rings. The minimum Gasteiger partial charge on any atom is -0.497 e. The van der Waals surface area contributed by atoms with Crippen molar-refractivity contribution in [1.29, 1.82) is 0 Å². The average molecular weight is 576 g/mol. The number of hydrogen-bond acceptors (Lipinski definition) is 8. The number of ether oxygens (including phenoxy) is 3. The molecule has 9 nitrogen and oxygen atoms in total. The first kappa shape index (κ1) is 28.4. The molecule has 1 atom stereocenters. The molecule has 1 saturated heterocycles. The number of amides is 1. The van der Waals surface area contributed by atoms with Gasteiger partial charge < -0.3 is 19.1 Å². The van der Waals surface area contributed by atoms with Gasteiger partial charge in [-0.3, -0.25) is 14.2 Å². The molecule has 0 bridgehead atoms. The number of fused-ring (bicyclic) bond motifs is 1. The Morgan fingerprint density at radius 1 is 1.05 bits per heavy atom. The molecule has 3 aromatic rings. The summed E-state index contributed by atoms with van der Waals surface area (Å²) in [6.45, 7) is 6.91. The van der Waals surface area contributed by atoms with E-state index in [1.165, 1.54) is 11.3 Å². The summed E-state index contributed by atoms with van der Waals surface area (Å²) < 4.78 is 18.6. The molecular formula is C31H33N3O6S. The average Bonchev–Trinajstić information content (AvgIpc) is 3.60. The molecule has 0 unspecified atom stereocenters. The Labute approximate surface area is 242 Å². The van der Waals surface area contributed by atoms with E-state index in [9.17, 15) is 14.4 Å². The molecular weight excluding hydrogens is 542 g/mol. The van der Waals surface area contributed by atoms with Gasteiger partial charge in [0.25, 0.3) is 11.5 Å². The third-order valence-electron chi connectivity index (χ3n) is 7.01. The normalized spacial score (nSPS) is 17.0. The SMILES string of the molecule is COc1ccc([C@@H]2C(C(=O)OC(C)C)=C(C)N=c3s/c(=C/c4ccc(OCC(=O)N5CCCC5)cc4)c(=O)n32)cc1. The summed E-state index contributed by atoms with van der Waals surface area (Å²) >= 11 is 1.26. The van der Waals surface area contributed by atoms with Crippen LogP contribution in [0.1, 0.15) is 50.8 Å². The quantitative estimate of drug-likeness (QED) is 0.383. The third kappa shape index (κ3) is 6.12. The van der Waals surface area contributed by atoms with Crippen LogP contribution in [0.2, 0.25) is 0 Å². The van der Waals surface area contributed by atoms with E-state index in [0.717, 1.165) is 37.1 Å². The summed E-state index contributed by atoms with van der Waals surface area (Å²) in [7, 11) is 1.58. The van der Waals surface area contributed by atoms with Gasteiger partial charge in [-0.25, -0.2) is 9.79 Å². The van der Waals surface area contributed by atoms with E-state index >= 15 is 0 Å². The predicted molar refractivity (Wildman–Crippen MR) is 156 cm³/mol. The van der Waals surface area contributed by atoms with Crippen molar-refractivity contribution < 1.29 is 23.8 Å². The number of rotatable bonds is 8. The van der Waals surface area contributed by atoms with E-state index in [1.807, 2.05) is 29.2 Å². The first-order chi connectivity index (χ1) is 19.7. The zero-order chi connectivity index (χ0) is 29.1. The minimum absolute atomic E-state index is 0.00420. The van der Waals surface area contributed by atoms with E-state index < -0.39 is 12.0 Å². The molecule has 1 amide bonds. The van der Waals surface area contributed by atoms with Crippen molar-refractivity contribution >= 4 is 29.3 Å². The summed E-state index contributed by atoms with van der Waals surface area (Å²) in [4.78, 5) is 46.3.